The van der Waals surface area contributed by atoms with E-state index in [-0.39, 0.29) is 0 Å². The maximum atomic E-state index is 4.55. The van der Waals surface area contributed by atoms with Gasteiger partial charge in [0.15, 0.2) is 0 Å². The number of rotatable bonds is 4. The Kier molecular flexibility index (Phi) is 3.50. The van der Waals surface area contributed by atoms with Gasteiger partial charge in [0.1, 0.15) is 5.82 Å². The number of fused-ring (bicyclic) bond motifs is 2. The maximum Gasteiger partial charge on any atom is 0.229 e. The molecule has 0 fully saturated rings. The molecule has 4 N–H and O–H groups in total. The molecule has 0 aliphatic heterocycles. The monoisotopic (exact) mass is 355 g/mol. The van der Waals surface area contributed by atoms with Crippen LogP contribution in [-0.2, 0) is 0 Å². The molecule has 0 amide bonds. The molecule has 3 heterocycles. The number of H-pyrrole nitrogens is 2. The number of aromatic amines is 2. The molecule has 7 nitrogen and oxygen atoms in total. The molecule has 0 radical (unpaired) electrons. The fraction of sp³-hybridized carbons (Fsp3) is 0.0500. The molecular formula is C20H17N7. The predicted octanol–water partition coefficient (Wildman–Crippen LogP) is 4.63. The third-order valence-electron chi connectivity index (χ3n) is 4.36. The minimum atomic E-state index is 0.525. The molecule has 0 saturated carbocycles. The molecule has 7 heteroatoms. The number of nitrogens with zero attached hydrogens (tertiary/aromatic N) is 3. The molecule has 0 aliphatic rings. The lowest BCUT2D eigenvalue weighted by molar-refractivity contribution is 1.17. The van der Waals surface area contributed by atoms with Crippen molar-refractivity contribution in [3.05, 3.63) is 66.7 Å². The summed E-state index contributed by atoms with van der Waals surface area (Å²) in [5, 5.41) is 7.73. The molecule has 0 atom stereocenters. The lowest BCUT2D eigenvalue weighted by atomic mass is 10.2. The second-order valence-electron chi connectivity index (χ2n) is 6.40. The van der Waals surface area contributed by atoms with Crippen LogP contribution in [-0.4, -0.2) is 24.9 Å². The predicted molar refractivity (Wildman–Crippen MR) is 108 cm³/mol. The van der Waals surface area contributed by atoms with E-state index in [9.17, 15) is 0 Å². The van der Waals surface area contributed by atoms with Gasteiger partial charge in [-0.2, -0.15) is 4.98 Å². The molecular weight excluding hydrogens is 338 g/mol. The Hall–Kier alpha value is -3.87. The summed E-state index contributed by atoms with van der Waals surface area (Å²) >= 11 is 0. The SMILES string of the molecule is Cc1cc2cc(Nc3ccnc(Nc4ccc5nc[nH]c5c4)n3)ccc2[nH]1. The summed E-state index contributed by atoms with van der Waals surface area (Å²) in [7, 11) is 0. The summed E-state index contributed by atoms with van der Waals surface area (Å²) in [6.45, 7) is 2.05. The number of nitrogens with one attached hydrogen (secondary N) is 4. The van der Waals surface area contributed by atoms with Crippen molar-refractivity contribution in [2.75, 3.05) is 10.6 Å². The second kappa shape index (κ2) is 6.14. The first-order valence-corrected chi connectivity index (χ1v) is 8.62. The van der Waals surface area contributed by atoms with E-state index in [0.29, 0.717) is 5.95 Å². The molecule has 0 aliphatic carbocycles. The van der Waals surface area contributed by atoms with E-state index < -0.39 is 0 Å². The molecule has 2 aromatic carbocycles. The van der Waals surface area contributed by atoms with Crippen LogP contribution in [0, 0.1) is 6.92 Å². The van der Waals surface area contributed by atoms with Crippen molar-refractivity contribution in [1.29, 1.82) is 0 Å². The van der Waals surface area contributed by atoms with Crippen LogP contribution in [0.25, 0.3) is 21.9 Å². The average molecular weight is 355 g/mol. The Morgan fingerprint density at radius 1 is 0.852 bits per heavy atom. The maximum absolute atomic E-state index is 4.55. The van der Waals surface area contributed by atoms with Gasteiger partial charge in [-0.1, -0.05) is 0 Å². The first kappa shape index (κ1) is 15.4. The fourth-order valence-corrected chi connectivity index (χ4v) is 3.13. The van der Waals surface area contributed by atoms with E-state index in [1.54, 1.807) is 12.5 Å². The van der Waals surface area contributed by atoms with Crippen LogP contribution in [0.3, 0.4) is 0 Å². The van der Waals surface area contributed by atoms with E-state index in [4.69, 9.17) is 0 Å². The van der Waals surface area contributed by atoms with Crippen molar-refractivity contribution >= 4 is 45.1 Å². The molecule has 0 spiro atoms. The zero-order chi connectivity index (χ0) is 18.2. The van der Waals surface area contributed by atoms with E-state index in [1.165, 1.54) is 0 Å². The van der Waals surface area contributed by atoms with E-state index >= 15 is 0 Å². The van der Waals surface area contributed by atoms with Gasteiger partial charge in [-0.25, -0.2) is 9.97 Å². The molecule has 0 saturated heterocycles. The van der Waals surface area contributed by atoms with Crippen molar-refractivity contribution in [3.8, 4) is 0 Å². The number of imidazole rings is 1. The van der Waals surface area contributed by atoms with E-state index in [0.717, 1.165) is 44.8 Å². The summed E-state index contributed by atoms with van der Waals surface area (Å²) in [4.78, 5) is 19.5. The third kappa shape index (κ3) is 3.06. The normalized spacial score (nSPS) is 11.1. The van der Waals surface area contributed by atoms with Crippen LogP contribution in [0.5, 0.6) is 0 Å². The first-order valence-electron chi connectivity index (χ1n) is 8.62. The smallest absolute Gasteiger partial charge is 0.229 e. The van der Waals surface area contributed by atoms with Crippen molar-refractivity contribution in [3.63, 3.8) is 0 Å². The van der Waals surface area contributed by atoms with Gasteiger partial charge in [-0.05, 0) is 55.5 Å². The standard InChI is InChI=1S/C20H17N7/c1-12-8-13-9-14(2-4-16(13)24-12)25-19-6-7-21-20(27-19)26-15-3-5-17-18(10-15)23-11-22-17/h2-11,24H,1H3,(H,22,23)(H2,21,25,26,27). The number of hydrogen-bond acceptors (Lipinski definition) is 5. The number of benzene rings is 2. The molecule has 5 rings (SSSR count). The first-order chi connectivity index (χ1) is 13.2. The quantitative estimate of drug-likeness (QED) is 0.377. The van der Waals surface area contributed by atoms with Crippen LogP contribution in [0.15, 0.2) is 61.1 Å². The summed E-state index contributed by atoms with van der Waals surface area (Å²) in [5.74, 6) is 1.25. The number of aryl methyl sites for hydroxylation is 1. The van der Waals surface area contributed by atoms with Crippen LogP contribution in [0.2, 0.25) is 0 Å². The van der Waals surface area contributed by atoms with Gasteiger partial charge in [0, 0.05) is 34.2 Å². The van der Waals surface area contributed by atoms with Crippen LogP contribution in [0.1, 0.15) is 5.69 Å². The van der Waals surface area contributed by atoms with Crippen LogP contribution < -0.4 is 10.6 Å². The van der Waals surface area contributed by atoms with Gasteiger partial charge in [0.05, 0.1) is 17.4 Å². The lowest BCUT2D eigenvalue weighted by Crippen LogP contribution is -2.00. The Labute approximate surface area is 154 Å². The molecule has 0 unspecified atom stereocenters. The highest BCUT2D eigenvalue weighted by Gasteiger charge is 2.04. The summed E-state index contributed by atoms with van der Waals surface area (Å²) in [5.41, 5.74) is 6.02. The summed E-state index contributed by atoms with van der Waals surface area (Å²) < 4.78 is 0. The van der Waals surface area contributed by atoms with Crippen molar-refractivity contribution in [2.24, 2.45) is 0 Å². The van der Waals surface area contributed by atoms with Gasteiger partial charge < -0.3 is 20.6 Å². The van der Waals surface area contributed by atoms with Gasteiger partial charge in [0.2, 0.25) is 5.95 Å². The Morgan fingerprint density at radius 3 is 2.70 bits per heavy atom. The van der Waals surface area contributed by atoms with Crippen molar-refractivity contribution in [2.45, 2.75) is 6.92 Å². The summed E-state index contributed by atoms with van der Waals surface area (Å²) in [6, 6.07) is 16.0. The van der Waals surface area contributed by atoms with Crippen LogP contribution in [0.4, 0.5) is 23.1 Å². The minimum Gasteiger partial charge on any atom is -0.359 e. The Balaban J connectivity index is 1.38. The molecule has 27 heavy (non-hydrogen) atoms. The molecule has 3 aromatic heterocycles. The summed E-state index contributed by atoms with van der Waals surface area (Å²) in [6.07, 6.45) is 3.41. The number of aromatic nitrogens is 5. The zero-order valence-electron chi connectivity index (χ0n) is 14.6. The largest absolute Gasteiger partial charge is 0.359 e. The second-order valence-corrected chi connectivity index (χ2v) is 6.40. The average Bonchev–Trinajstić information content (AvgIpc) is 3.26. The highest BCUT2D eigenvalue weighted by molar-refractivity contribution is 5.85. The van der Waals surface area contributed by atoms with Gasteiger partial charge >= 0.3 is 0 Å². The molecule has 5 aromatic rings. The number of hydrogen-bond donors (Lipinski definition) is 4. The highest BCUT2D eigenvalue weighted by Crippen LogP contribution is 2.23. The highest BCUT2D eigenvalue weighted by atomic mass is 15.1. The topological polar surface area (TPSA) is 94.3 Å². The number of anilines is 4. The van der Waals surface area contributed by atoms with Crippen LogP contribution >= 0.6 is 0 Å². The molecule has 0 bridgehead atoms. The van der Waals surface area contributed by atoms with E-state index in [2.05, 4.69) is 60.7 Å². The Bertz CT molecular complexity index is 1250. The minimum absolute atomic E-state index is 0.525. The fourth-order valence-electron chi connectivity index (χ4n) is 3.13. The molecule has 132 valence electrons. The lowest BCUT2D eigenvalue weighted by Gasteiger charge is -2.09. The van der Waals surface area contributed by atoms with Gasteiger partial charge in [-0.15, -0.1) is 0 Å². The van der Waals surface area contributed by atoms with Gasteiger partial charge in [0.25, 0.3) is 0 Å². The zero-order valence-corrected chi connectivity index (χ0v) is 14.6. The Morgan fingerprint density at radius 2 is 1.74 bits per heavy atom. The van der Waals surface area contributed by atoms with Crippen molar-refractivity contribution in [1.82, 2.24) is 24.9 Å². The third-order valence-corrected chi connectivity index (χ3v) is 4.36. The van der Waals surface area contributed by atoms with E-state index in [1.807, 2.05) is 30.3 Å². The van der Waals surface area contributed by atoms with Gasteiger partial charge in [-0.3, -0.25) is 0 Å². The van der Waals surface area contributed by atoms with Crippen molar-refractivity contribution < 1.29 is 0 Å².